The summed E-state index contributed by atoms with van der Waals surface area (Å²) in [6, 6.07) is 4.99. The van der Waals surface area contributed by atoms with Crippen LogP contribution in [-0.2, 0) is 6.54 Å². The van der Waals surface area contributed by atoms with Crippen molar-refractivity contribution in [3.8, 4) is 0 Å². The lowest BCUT2D eigenvalue weighted by Gasteiger charge is -2.14. The van der Waals surface area contributed by atoms with E-state index in [0.717, 1.165) is 21.5 Å². The van der Waals surface area contributed by atoms with Gasteiger partial charge in [0.2, 0.25) is 0 Å². The molecule has 102 valence electrons. The SMILES string of the molecule is Cc1noc(C)c1C(C)NCc1cc(Br)ccc1F. The molecule has 1 unspecified atom stereocenters. The second kappa shape index (κ2) is 5.84. The first-order chi connectivity index (χ1) is 8.99. The molecule has 1 N–H and O–H groups in total. The van der Waals surface area contributed by atoms with E-state index in [2.05, 4.69) is 26.4 Å². The average Bonchev–Trinajstić information content (AvgIpc) is 2.70. The number of hydrogen-bond acceptors (Lipinski definition) is 3. The molecule has 0 spiro atoms. The Morgan fingerprint density at radius 3 is 2.79 bits per heavy atom. The normalized spacial score (nSPS) is 12.7. The number of hydrogen-bond donors (Lipinski definition) is 1. The third-order valence-corrected chi connectivity index (χ3v) is 3.62. The van der Waals surface area contributed by atoms with Crippen molar-refractivity contribution in [1.82, 2.24) is 10.5 Å². The van der Waals surface area contributed by atoms with Gasteiger partial charge in [-0.2, -0.15) is 0 Å². The molecule has 0 amide bonds. The molecule has 0 aliphatic rings. The van der Waals surface area contributed by atoms with Crippen molar-refractivity contribution in [2.45, 2.75) is 33.4 Å². The standard InChI is InChI=1S/C14H16BrFN2O/c1-8(14-9(2)18-19-10(14)3)17-7-11-6-12(15)4-5-13(11)16/h4-6,8,17H,7H2,1-3H3. The Balaban J connectivity index is 2.08. The predicted octanol–water partition coefficient (Wildman–Crippen LogP) is 4.04. The number of nitrogens with zero attached hydrogens (tertiary/aromatic N) is 1. The number of nitrogens with one attached hydrogen (secondary N) is 1. The zero-order valence-electron chi connectivity index (χ0n) is 11.1. The molecule has 0 fully saturated rings. The fourth-order valence-corrected chi connectivity index (χ4v) is 2.56. The van der Waals surface area contributed by atoms with Gasteiger partial charge in [-0.25, -0.2) is 4.39 Å². The van der Waals surface area contributed by atoms with Crippen molar-refractivity contribution in [1.29, 1.82) is 0 Å². The van der Waals surface area contributed by atoms with E-state index in [1.807, 2.05) is 20.8 Å². The molecule has 1 atom stereocenters. The van der Waals surface area contributed by atoms with Crippen LogP contribution in [0.5, 0.6) is 0 Å². The van der Waals surface area contributed by atoms with Crippen LogP contribution in [0, 0.1) is 19.7 Å². The van der Waals surface area contributed by atoms with Crippen LogP contribution >= 0.6 is 15.9 Å². The van der Waals surface area contributed by atoms with Crippen molar-refractivity contribution in [2.75, 3.05) is 0 Å². The molecule has 3 nitrogen and oxygen atoms in total. The molecule has 0 saturated carbocycles. The van der Waals surface area contributed by atoms with Gasteiger partial charge in [-0.05, 0) is 39.0 Å². The van der Waals surface area contributed by atoms with Crippen molar-refractivity contribution in [3.63, 3.8) is 0 Å². The first-order valence-corrected chi connectivity index (χ1v) is 6.88. The lowest BCUT2D eigenvalue weighted by molar-refractivity contribution is 0.390. The Labute approximate surface area is 120 Å². The first kappa shape index (κ1) is 14.2. The van der Waals surface area contributed by atoms with Crippen molar-refractivity contribution < 1.29 is 8.91 Å². The van der Waals surface area contributed by atoms with Crippen LogP contribution in [0.15, 0.2) is 27.2 Å². The minimum atomic E-state index is -0.207. The van der Waals surface area contributed by atoms with E-state index >= 15 is 0 Å². The van der Waals surface area contributed by atoms with Crippen molar-refractivity contribution in [3.05, 3.63) is 51.1 Å². The quantitative estimate of drug-likeness (QED) is 0.921. The monoisotopic (exact) mass is 326 g/mol. The summed E-state index contributed by atoms with van der Waals surface area (Å²) in [6.07, 6.45) is 0. The number of aryl methyl sites for hydroxylation is 2. The van der Waals surface area contributed by atoms with Gasteiger partial charge in [-0.1, -0.05) is 21.1 Å². The molecule has 5 heteroatoms. The van der Waals surface area contributed by atoms with Crippen LogP contribution in [0.2, 0.25) is 0 Å². The Kier molecular flexibility index (Phi) is 4.37. The summed E-state index contributed by atoms with van der Waals surface area (Å²) >= 11 is 3.35. The highest BCUT2D eigenvalue weighted by molar-refractivity contribution is 9.10. The van der Waals surface area contributed by atoms with E-state index in [1.165, 1.54) is 6.07 Å². The third-order valence-electron chi connectivity index (χ3n) is 3.13. The van der Waals surface area contributed by atoms with E-state index in [0.29, 0.717) is 12.1 Å². The van der Waals surface area contributed by atoms with Crippen LogP contribution < -0.4 is 5.32 Å². The summed E-state index contributed by atoms with van der Waals surface area (Å²) in [5.74, 6) is 0.592. The third kappa shape index (κ3) is 3.22. The molecule has 0 bridgehead atoms. The molecule has 1 heterocycles. The van der Waals surface area contributed by atoms with Crippen LogP contribution in [0.3, 0.4) is 0 Å². The summed E-state index contributed by atoms with van der Waals surface area (Å²) in [6.45, 7) is 6.26. The summed E-state index contributed by atoms with van der Waals surface area (Å²) in [7, 11) is 0. The second-order valence-corrected chi connectivity index (χ2v) is 5.49. The maximum absolute atomic E-state index is 13.6. The van der Waals surface area contributed by atoms with E-state index in [1.54, 1.807) is 12.1 Å². The summed E-state index contributed by atoms with van der Waals surface area (Å²) < 4.78 is 19.6. The maximum atomic E-state index is 13.6. The van der Waals surface area contributed by atoms with E-state index in [-0.39, 0.29) is 11.9 Å². The van der Waals surface area contributed by atoms with Gasteiger partial charge in [-0.3, -0.25) is 0 Å². The largest absolute Gasteiger partial charge is 0.361 e. The summed E-state index contributed by atoms with van der Waals surface area (Å²) in [5.41, 5.74) is 2.54. The van der Waals surface area contributed by atoms with Gasteiger partial charge in [0.25, 0.3) is 0 Å². The highest BCUT2D eigenvalue weighted by Gasteiger charge is 2.16. The Bertz CT molecular complexity index is 563. The Morgan fingerprint density at radius 2 is 2.16 bits per heavy atom. The molecular weight excluding hydrogens is 311 g/mol. The molecule has 19 heavy (non-hydrogen) atoms. The van der Waals surface area contributed by atoms with E-state index in [4.69, 9.17) is 4.52 Å². The average molecular weight is 327 g/mol. The van der Waals surface area contributed by atoms with Gasteiger partial charge in [-0.15, -0.1) is 0 Å². The van der Waals surface area contributed by atoms with Gasteiger partial charge >= 0.3 is 0 Å². The smallest absolute Gasteiger partial charge is 0.138 e. The molecule has 2 aromatic rings. The number of rotatable bonds is 4. The van der Waals surface area contributed by atoms with Crippen molar-refractivity contribution >= 4 is 15.9 Å². The van der Waals surface area contributed by atoms with Crippen molar-refractivity contribution in [2.24, 2.45) is 0 Å². The first-order valence-electron chi connectivity index (χ1n) is 6.09. The highest BCUT2D eigenvalue weighted by atomic mass is 79.9. The number of halogens is 2. The molecule has 2 rings (SSSR count). The van der Waals surface area contributed by atoms with Crippen LogP contribution in [-0.4, -0.2) is 5.16 Å². The van der Waals surface area contributed by atoms with Gasteiger partial charge < -0.3 is 9.84 Å². The minimum Gasteiger partial charge on any atom is -0.361 e. The number of benzene rings is 1. The predicted molar refractivity (Wildman–Crippen MR) is 75.3 cm³/mol. The molecule has 1 aromatic heterocycles. The minimum absolute atomic E-state index is 0.0598. The second-order valence-electron chi connectivity index (χ2n) is 4.58. The lowest BCUT2D eigenvalue weighted by Crippen LogP contribution is -2.19. The molecule has 0 aliphatic heterocycles. The highest BCUT2D eigenvalue weighted by Crippen LogP contribution is 2.22. The summed E-state index contributed by atoms with van der Waals surface area (Å²) in [4.78, 5) is 0. The molecule has 0 saturated heterocycles. The molecular formula is C14H16BrFN2O. The van der Waals surface area contributed by atoms with Gasteiger partial charge in [0.05, 0.1) is 5.69 Å². The summed E-state index contributed by atoms with van der Waals surface area (Å²) in [5, 5.41) is 7.22. The van der Waals surface area contributed by atoms with Gasteiger partial charge in [0.1, 0.15) is 11.6 Å². The fourth-order valence-electron chi connectivity index (χ4n) is 2.15. The van der Waals surface area contributed by atoms with E-state index < -0.39 is 0 Å². The molecule has 1 aromatic carbocycles. The van der Waals surface area contributed by atoms with Crippen LogP contribution in [0.1, 0.15) is 35.5 Å². The Hall–Kier alpha value is -1.20. The fraction of sp³-hybridized carbons (Fsp3) is 0.357. The lowest BCUT2D eigenvalue weighted by atomic mass is 10.1. The Morgan fingerprint density at radius 1 is 1.42 bits per heavy atom. The maximum Gasteiger partial charge on any atom is 0.138 e. The van der Waals surface area contributed by atoms with Gasteiger partial charge in [0.15, 0.2) is 0 Å². The van der Waals surface area contributed by atoms with Crippen LogP contribution in [0.25, 0.3) is 0 Å². The molecule has 0 radical (unpaired) electrons. The zero-order valence-corrected chi connectivity index (χ0v) is 12.7. The number of aromatic nitrogens is 1. The zero-order chi connectivity index (χ0) is 14.0. The van der Waals surface area contributed by atoms with Crippen LogP contribution in [0.4, 0.5) is 4.39 Å². The van der Waals surface area contributed by atoms with E-state index in [9.17, 15) is 4.39 Å². The topological polar surface area (TPSA) is 38.1 Å². The molecule has 0 aliphatic carbocycles. The van der Waals surface area contributed by atoms with Gasteiger partial charge in [0, 0.05) is 28.2 Å².